The van der Waals surface area contributed by atoms with Crippen molar-refractivity contribution >= 4 is 33.1 Å². The second kappa shape index (κ2) is 6.34. The van der Waals surface area contributed by atoms with Crippen molar-refractivity contribution in [1.29, 1.82) is 0 Å². The van der Waals surface area contributed by atoms with Crippen LogP contribution >= 0.6 is 11.6 Å². The monoisotopic (exact) mass is 320 g/mol. The number of nitrogens with zero attached hydrogens (tertiary/aromatic N) is 2. The van der Waals surface area contributed by atoms with Crippen LogP contribution in [0.3, 0.4) is 0 Å². The van der Waals surface area contributed by atoms with Crippen LogP contribution in [-0.4, -0.2) is 22.8 Å². The van der Waals surface area contributed by atoms with Gasteiger partial charge in [0.2, 0.25) is 0 Å². The van der Waals surface area contributed by atoms with Gasteiger partial charge in [-0.2, -0.15) is 0 Å². The van der Waals surface area contributed by atoms with Crippen LogP contribution in [0.1, 0.15) is 0 Å². The molecular weight excluding hydrogens is 319 g/mol. The van der Waals surface area contributed by atoms with Crippen molar-refractivity contribution in [2.45, 2.75) is 4.90 Å². The Kier molecular flexibility index (Phi) is 6.29. The van der Waals surface area contributed by atoms with Gasteiger partial charge < -0.3 is 4.55 Å². The predicted molar refractivity (Wildman–Crippen MR) is 52.7 cm³/mol. The van der Waals surface area contributed by atoms with Gasteiger partial charge in [0.15, 0.2) is 0 Å². The molecule has 0 amide bonds. The quantitative estimate of drug-likeness (QED) is 0.273. The van der Waals surface area contributed by atoms with E-state index in [1.54, 1.807) is 0 Å². The average Bonchev–Trinajstić information content (AvgIpc) is 2.14. The molecule has 0 saturated carbocycles. The van der Waals surface area contributed by atoms with Crippen LogP contribution in [-0.2, 0) is 10.1 Å². The molecule has 1 rings (SSSR count). The van der Waals surface area contributed by atoms with E-state index in [1.807, 2.05) is 0 Å². The van der Waals surface area contributed by atoms with E-state index in [9.17, 15) is 33.2 Å². The van der Waals surface area contributed by atoms with Crippen LogP contribution < -0.4 is 51.4 Å². The van der Waals surface area contributed by atoms with Gasteiger partial charge in [-0.1, -0.05) is 11.6 Å². The van der Waals surface area contributed by atoms with Crippen LogP contribution in [0.15, 0.2) is 17.0 Å². The van der Waals surface area contributed by atoms with Crippen molar-refractivity contribution in [1.82, 2.24) is 0 Å². The minimum absolute atomic E-state index is 0. The standard InChI is InChI=1S/C6H3ClN2O7S.K/c7-3-1-4(8(10)11)6(9(12)13)5(2-3)17(14,15)16;/h1-2H,(H,14,15,16);/q;+1/p-1. The van der Waals surface area contributed by atoms with Crippen LogP contribution in [0.4, 0.5) is 11.4 Å². The van der Waals surface area contributed by atoms with E-state index >= 15 is 0 Å². The Balaban J connectivity index is 0.00000289. The molecule has 0 radical (unpaired) electrons. The molecule has 0 atom stereocenters. The van der Waals surface area contributed by atoms with Gasteiger partial charge in [-0.15, -0.1) is 0 Å². The van der Waals surface area contributed by atoms with E-state index in [4.69, 9.17) is 11.6 Å². The molecule has 0 heterocycles. The number of hydrogen-bond donors (Lipinski definition) is 0. The van der Waals surface area contributed by atoms with Crippen molar-refractivity contribution < 1.29 is 74.2 Å². The first kappa shape index (κ1) is 17.9. The maximum absolute atomic E-state index is 10.7. The number of benzene rings is 1. The molecule has 0 fully saturated rings. The first-order valence-corrected chi connectivity index (χ1v) is 5.51. The molecule has 0 unspecified atom stereocenters. The van der Waals surface area contributed by atoms with Crippen molar-refractivity contribution in [3.05, 3.63) is 37.4 Å². The zero-order valence-corrected chi connectivity index (χ0v) is 13.4. The van der Waals surface area contributed by atoms with E-state index in [0.717, 1.165) is 0 Å². The van der Waals surface area contributed by atoms with E-state index in [0.29, 0.717) is 12.1 Å². The molecule has 0 aliphatic carbocycles. The van der Waals surface area contributed by atoms with E-state index in [2.05, 4.69) is 0 Å². The summed E-state index contributed by atoms with van der Waals surface area (Å²) in [5, 5.41) is 20.6. The molecule has 18 heavy (non-hydrogen) atoms. The fraction of sp³-hybridized carbons (Fsp3) is 0. The maximum Gasteiger partial charge on any atom is 1.00 e. The molecule has 0 spiro atoms. The Morgan fingerprint density at radius 3 is 1.94 bits per heavy atom. The zero-order valence-electron chi connectivity index (χ0n) is 8.69. The number of halogens is 1. The van der Waals surface area contributed by atoms with Gasteiger partial charge in [0.1, 0.15) is 15.0 Å². The van der Waals surface area contributed by atoms with E-state index in [-0.39, 0.29) is 51.4 Å². The molecule has 0 N–H and O–H groups in total. The van der Waals surface area contributed by atoms with Gasteiger partial charge in [-0.3, -0.25) is 20.2 Å². The molecule has 9 nitrogen and oxygen atoms in total. The third kappa shape index (κ3) is 3.93. The molecule has 1 aromatic carbocycles. The summed E-state index contributed by atoms with van der Waals surface area (Å²) in [6, 6.07) is 1.09. The topological polar surface area (TPSA) is 143 Å². The van der Waals surface area contributed by atoms with Crippen molar-refractivity contribution in [3.8, 4) is 0 Å². The maximum atomic E-state index is 10.7. The molecule has 1 aromatic rings. The smallest absolute Gasteiger partial charge is 0.744 e. The molecule has 0 aromatic heterocycles. The van der Waals surface area contributed by atoms with Gasteiger partial charge in [-0.25, -0.2) is 8.42 Å². The summed E-state index contributed by atoms with van der Waals surface area (Å²) in [4.78, 5) is 17.2. The third-order valence-electron chi connectivity index (χ3n) is 1.67. The summed E-state index contributed by atoms with van der Waals surface area (Å²) >= 11 is 5.35. The first-order chi connectivity index (χ1) is 7.64. The second-order valence-electron chi connectivity index (χ2n) is 2.74. The van der Waals surface area contributed by atoms with Gasteiger partial charge in [0.25, 0.3) is 0 Å². The largest absolute Gasteiger partial charge is 1.00 e. The Morgan fingerprint density at radius 2 is 1.61 bits per heavy atom. The van der Waals surface area contributed by atoms with Crippen molar-refractivity contribution in [3.63, 3.8) is 0 Å². The summed E-state index contributed by atoms with van der Waals surface area (Å²) in [7, 11) is -5.24. The Morgan fingerprint density at radius 1 is 1.11 bits per heavy atom. The molecule has 0 aliphatic heterocycles. The Labute approximate surface area is 148 Å². The normalized spacial score (nSPS) is 10.6. The van der Waals surface area contributed by atoms with Gasteiger partial charge >= 0.3 is 62.8 Å². The number of rotatable bonds is 3. The molecule has 0 aliphatic rings. The summed E-state index contributed by atoms with van der Waals surface area (Å²) < 4.78 is 32.2. The third-order valence-corrected chi connectivity index (χ3v) is 2.74. The zero-order chi connectivity index (χ0) is 13.4. The summed E-state index contributed by atoms with van der Waals surface area (Å²) in [6.07, 6.45) is 0. The van der Waals surface area contributed by atoms with E-state index in [1.165, 1.54) is 0 Å². The fourth-order valence-electron chi connectivity index (χ4n) is 1.07. The van der Waals surface area contributed by atoms with Gasteiger partial charge in [0, 0.05) is 11.1 Å². The van der Waals surface area contributed by atoms with Crippen LogP contribution in [0.5, 0.6) is 0 Å². The van der Waals surface area contributed by atoms with Crippen LogP contribution in [0, 0.1) is 20.2 Å². The fourth-order valence-corrected chi connectivity index (χ4v) is 2.04. The first-order valence-electron chi connectivity index (χ1n) is 3.73. The SMILES string of the molecule is O=[N+]([O-])c1cc(Cl)cc(S(=O)(=O)[O-])c1[N+](=O)[O-].[K+]. The van der Waals surface area contributed by atoms with Crippen molar-refractivity contribution in [2.24, 2.45) is 0 Å². The van der Waals surface area contributed by atoms with Crippen LogP contribution in [0.2, 0.25) is 5.02 Å². The van der Waals surface area contributed by atoms with Crippen LogP contribution in [0.25, 0.3) is 0 Å². The Hall–Kier alpha value is -0.144. The van der Waals surface area contributed by atoms with Crippen molar-refractivity contribution in [2.75, 3.05) is 0 Å². The number of nitro benzene ring substituents is 2. The molecule has 92 valence electrons. The van der Waals surface area contributed by atoms with Gasteiger partial charge in [0.05, 0.1) is 9.85 Å². The molecule has 0 saturated heterocycles. The summed E-state index contributed by atoms with van der Waals surface area (Å²) in [5.74, 6) is 0. The predicted octanol–water partition coefficient (Wildman–Crippen LogP) is -1.94. The Bertz CT molecular complexity index is 617. The molecule has 12 heteroatoms. The minimum atomic E-state index is -5.24. The van der Waals surface area contributed by atoms with Gasteiger partial charge in [-0.05, 0) is 6.07 Å². The average molecular weight is 321 g/mol. The molecule has 0 bridgehead atoms. The number of hydrogen-bond acceptors (Lipinski definition) is 7. The molecular formula is C6H2ClKN2O7S. The minimum Gasteiger partial charge on any atom is -0.744 e. The van der Waals surface area contributed by atoms with E-state index < -0.39 is 41.3 Å². The number of nitro groups is 2. The summed E-state index contributed by atoms with van der Waals surface area (Å²) in [5.41, 5.74) is -2.55. The second-order valence-corrected chi connectivity index (χ2v) is 4.52. The summed E-state index contributed by atoms with van der Waals surface area (Å²) in [6.45, 7) is 0.